The molecule has 25 heavy (non-hydrogen) atoms. The number of nitrogens with one attached hydrogen (secondary N) is 2. The first kappa shape index (κ1) is 17.4. The Morgan fingerprint density at radius 2 is 1.80 bits per heavy atom. The first-order valence-electron chi connectivity index (χ1n) is 8.69. The van der Waals surface area contributed by atoms with Crippen molar-refractivity contribution in [3.63, 3.8) is 0 Å². The number of likely N-dealkylation sites (tertiary alicyclic amines) is 1. The SMILES string of the molecule is COc1ccc(C(=O)NCc2ccc(C[NH+]3CCCC3)cc2)cc1F. The molecule has 0 atom stereocenters. The Kier molecular flexibility index (Phi) is 5.66. The van der Waals surface area contributed by atoms with Crippen molar-refractivity contribution in [3.05, 3.63) is 65.0 Å². The van der Waals surface area contributed by atoms with Gasteiger partial charge in [0, 0.05) is 30.5 Å². The van der Waals surface area contributed by atoms with Crippen LogP contribution in [0.3, 0.4) is 0 Å². The molecule has 4 nitrogen and oxygen atoms in total. The normalized spacial score (nSPS) is 14.5. The molecule has 2 N–H and O–H groups in total. The van der Waals surface area contributed by atoms with Gasteiger partial charge in [0.2, 0.25) is 0 Å². The van der Waals surface area contributed by atoms with Gasteiger partial charge in [0.15, 0.2) is 11.6 Å². The van der Waals surface area contributed by atoms with Gasteiger partial charge in [-0.3, -0.25) is 4.79 Å². The molecule has 2 aromatic rings. The molecule has 1 heterocycles. The van der Waals surface area contributed by atoms with Gasteiger partial charge in [-0.05, 0) is 23.8 Å². The van der Waals surface area contributed by atoms with Crippen molar-refractivity contribution >= 4 is 5.91 Å². The summed E-state index contributed by atoms with van der Waals surface area (Å²) in [5, 5.41) is 2.82. The van der Waals surface area contributed by atoms with Crippen molar-refractivity contribution in [1.82, 2.24) is 5.32 Å². The molecule has 0 unspecified atom stereocenters. The Balaban J connectivity index is 1.53. The van der Waals surface area contributed by atoms with Gasteiger partial charge in [0.1, 0.15) is 6.54 Å². The lowest BCUT2D eigenvalue weighted by atomic mass is 10.1. The van der Waals surface area contributed by atoms with Gasteiger partial charge in [0.25, 0.3) is 5.91 Å². The van der Waals surface area contributed by atoms with Crippen molar-refractivity contribution in [3.8, 4) is 5.75 Å². The maximum Gasteiger partial charge on any atom is 0.251 e. The van der Waals surface area contributed by atoms with E-state index in [0.29, 0.717) is 6.54 Å². The van der Waals surface area contributed by atoms with E-state index >= 15 is 0 Å². The van der Waals surface area contributed by atoms with E-state index in [1.165, 1.54) is 50.7 Å². The van der Waals surface area contributed by atoms with E-state index in [0.717, 1.165) is 12.1 Å². The van der Waals surface area contributed by atoms with Crippen LogP contribution in [0, 0.1) is 5.82 Å². The largest absolute Gasteiger partial charge is 0.494 e. The lowest BCUT2D eigenvalue weighted by Crippen LogP contribution is -3.08. The quantitative estimate of drug-likeness (QED) is 0.842. The number of benzene rings is 2. The molecular weight excluding hydrogens is 319 g/mol. The van der Waals surface area contributed by atoms with E-state index < -0.39 is 5.82 Å². The van der Waals surface area contributed by atoms with Crippen LogP contribution < -0.4 is 15.0 Å². The highest BCUT2D eigenvalue weighted by Gasteiger charge is 2.15. The molecule has 0 saturated carbocycles. The fraction of sp³-hybridized carbons (Fsp3) is 0.350. The predicted octanol–water partition coefficient (Wildman–Crippen LogP) is 1.94. The monoisotopic (exact) mass is 343 g/mol. The molecule has 1 aliphatic rings. The highest BCUT2D eigenvalue weighted by molar-refractivity contribution is 5.94. The zero-order valence-corrected chi connectivity index (χ0v) is 14.5. The Labute approximate surface area is 147 Å². The number of methoxy groups -OCH3 is 1. The third kappa shape index (κ3) is 4.57. The Hall–Kier alpha value is -2.40. The second-order valence-corrected chi connectivity index (χ2v) is 6.48. The van der Waals surface area contributed by atoms with Crippen LogP contribution in [0.1, 0.15) is 34.3 Å². The standard InChI is InChI=1S/C20H23FN2O2/c1-25-19-9-8-17(12-18(19)21)20(24)22-13-15-4-6-16(7-5-15)14-23-10-2-3-11-23/h4-9,12H,2-3,10-11,13-14H2,1H3,(H,22,24)/p+1. The summed E-state index contributed by atoms with van der Waals surface area (Å²) in [4.78, 5) is 13.8. The molecule has 2 aromatic carbocycles. The Morgan fingerprint density at radius 3 is 2.44 bits per heavy atom. The summed E-state index contributed by atoms with van der Waals surface area (Å²) in [5.74, 6) is -0.705. The molecule has 0 aromatic heterocycles. The van der Waals surface area contributed by atoms with Gasteiger partial charge < -0.3 is 15.0 Å². The fourth-order valence-electron chi connectivity index (χ4n) is 3.21. The van der Waals surface area contributed by atoms with E-state index in [1.807, 2.05) is 12.1 Å². The number of rotatable bonds is 6. The molecule has 3 rings (SSSR count). The van der Waals surface area contributed by atoms with Crippen LogP contribution in [0.2, 0.25) is 0 Å². The van der Waals surface area contributed by atoms with Crippen molar-refractivity contribution in [2.45, 2.75) is 25.9 Å². The predicted molar refractivity (Wildman–Crippen MR) is 94.2 cm³/mol. The number of hydrogen-bond donors (Lipinski definition) is 2. The second kappa shape index (κ2) is 8.12. The van der Waals surface area contributed by atoms with Crippen LogP contribution in [0.15, 0.2) is 42.5 Å². The molecule has 1 fully saturated rings. The summed E-state index contributed by atoms with van der Waals surface area (Å²) in [6.07, 6.45) is 2.65. The first-order valence-corrected chi connectivity index (χ1v) is 8.69. The van der Waals surface area contributed by atoms with E-state index in [-0.39, 0.29) is 17.2 Å². The molecule has 5 heteroatoms. The third-order valence-electron chi connectivity index (χ3n) is 4.65. The van der Waals surface area contributed by atoms with Crippen LogP contribution in [0.25, 0.3) is 0 Å². The van der Waals surface area contributed by atoms with Crippen molar-refractivity contribution in [2.75, 3.05) is 20.2 Å². The molecule has 0 aliphatic carbocycles. The van der Waals surface area contributed by atoms with E-state index in [9.17, 15) is 9.18 Å². The number of carbonyl (C=O) groups is 1. The number of quaternary nitrogens is 1. The summed E-state index contributed by atoms with van der Waals surface area (Å²) in [5.41, 5.74) is 2.64. The van der Waals surface area contributed by atoms with Gasteiger partial charge in [-0.1, -0.05) is 24.3 Å². The first-order chi connectivity index (χ1) is 12.2. The fourth-order valence-corrected chi connectivity index (χ4v) is 3.21. The number of ether oxygens (including phenoxy) is 1. The second-order valence-electron chi connectivity index (χ2n) is 6.48. The summed E-state index contributed by atoms with van der Waals surface area (Å²) in [6.45, 7) is 4.01. The molecule has 1 amide bonds. The van der Waals surface area contributed by atoms with Crippen LogP contribution in [0.5, 0.6) is 5.75 Å². The van der Waals surface area contributed by atoms with Gasteiger partial charge >= 0.3 is 0 Å². The molecule has 1 saturated heterocycles. The number of carbonyl (C=O) groups excluding carboxylic acids is 1. The highest BCUT2D eigenvalue weighted by Crippen LogP contribution is 2.17. The molecule has 0 spiro atoms. The minimum absolute atomic E-state index is 0.132. The molecule has 0 bridgehead atoms. The zero-order chi connectivity index (χ0) is 17.6. The summed E-state index contributed by atoms with van der Waals surface area (Å²) < 4.78 is 18.5. The zero-order valence-electron chi connectivity index (χ0n) is 14.5. The van der Waals surface area contributed by atoms with E-state index in [1.54, 1.807) is 11.0 Å². The molecule has 1 aliphatic heterocycles. The molecule has 0 radical (unpaired) electrons. The minimum Gasteiger partial charge on any atom is -0.494 e. The summed E-state index contributed by atoms with van der Waals surface area (Å²) >= 11 is 0. The van der Waals surface area contributed by atoms with E-state index in [4.69, 9.17) is 4.74 Å². The van der Waals surface area contributed by atoms with Crippen LogP contribution >= 0.6 is 0 Å². The lowest BCUT2D eigenvalue weighted by Gasteiger charge is -2.12. The topological polar surface area (TPSA) is 42.8 Å². The Morgan fingerprint density at radius 1 is 1.12 bits per heavy atom. The minimum atomic E-state index is -0.538. The van der Waals surface area contributed by atoms with Crippen LogP contribution in [-0.2, 0) is 13.1 Å². The average Bonchev–Trinajstić information content (AvgIpc) is 3.14. The lowest BCUT2D eigenvalue weighted by molar-refractivity contribution is -0.901. The molecule has 132 valence electrons. The Bertz CT molecular complexity index is 725. The number of amides is 1. The number of hydrogen-bond acceptors (Lipinski definition) is 2. The maximum atomic E-state index is 13.7. The van der Waals surface area contributed by atoms with Crippen molar-refractivity contribution in [2.24, 2.45) is 0 Å². The number of halogens is 1. The van der Waals surface area contributed by atoms with Crippen LogP contribution in [0.4, 0.5) is 4.39 Å². The van der Waals surface area contributed by atoms with Gasteiger partial charge in [-0.15, -0.1) is 0 Å². The van der Waals surface area contributed by atoms with Crippen molar-refractivity contribution in [1.29, 1.82) is 0 Å². The van der Waals surface area contributed by atoms with E-state index in [2.05, 4.69) is 17.4 Å². The van der Waals surface area contributed by atoms with Crippen LogP contribution in [-0.4, -0.2) is 26.1 Å². The molecular formula is C20H24FN2O2+. The average molecular weight is 343 g/mol. The highest BCUT2D eigenvalue weighted by atomic mass is 19.1. The van der Waals surface area contributed by atoms with Gasteiger partial charge in [-0.25, -0.2) is 4.39 Å². The summed E-state index contributed by atoms with van der Waals surface area (Å²) in [6, 6.07) is 12.5. The smallest absolute Gasteiger partial charge is 0.251 e. The van der Waals surface area contributed by atoms with Gasteiger partial charge in [-0.2, -0.15) is 0 Å². The van der Waals surface area contributed by atoms with Gasteiger partial charge in [0.05, 0.1) is 20.2 Å². The maximum absolute atomic E-state index is 13.7. The third-order valence-corrected chi connectivity index (χ3v) is 4.65. The summed E-state index contributed by atoms with van der Waals surface area (Å²) in [7, 11) is 1.40. The van der Waals surface area contributed by atoms with Crippen molar-refractivity contribution < 1.29 is 18.8 Å².